The zero-order chi connectivity index (χ0) is 13.3. The van der Waals surface area contributed by atoms with E-state index in [1.54, 1.807) is 11.9 Å². The molecular formula is C11H13BrN4OS. The Balaban J connectivity index is 2.09. The number of carbonyl (C=O) groups is 1. The molecule has 2 rings (SSSR count). The van der Waals surface area contributed by atoms with Gasteiger partial charge in [-0.3, -0.25) is 9.89 Å². The second kappa shape index (κ2) is 5.19. The zero-order valence-corrected chi connectivity index (χ0v) is 12.7. The van der Waals surface area contributed by atoms with Crippen molar-refractivity contribution in [1.82, 2.24) is 20.1 Å². The van der Waals surface area contributed by atoms with E-state index in [1.165, 1.54) is 11.3 Å². The summed E-state index contributed by atoms with van der Waals surface area (Å²) in [7, 11) is 1.75. The fourth-order valence-electron chi connectivity index (χ4n) is 1.50. The van der Waals surface area contributed by atoms with Gasteiger partial charge in [-0.15, -0.1) is 11.3 Å². The van der Waals surface area contributed by atoms with Crippen molar-refractivity contribution in [3.8, 4) is 0 Å². The number of amides is 1. The first-order valence-corrected chi connectivity index (χ1v) is 6.97. The van der Waals surface area contributed by atoms with Gasteiger partial charge >= 0.3 is 0 Å². The maximum absolute atomic E-state index is 12.2. The van der Waals surface area contributed by atoms with E-state index in [4.69, 9.17) is 0 Å². The first-order chi connectivity index (χ1) is 8.47. The minimum atomic E-state index is -0.0174. The highest BCUT2D eigenvalue weighted by atomic mass is 79.9. The van der Waals surface area contributed by atoms with Crippen molar-refractivity contribution in [2.45, 2.75) is 20.4 Å². The molecule has 0 saturated carbocycles. The van der Waals surface area contributed by atoms with Crippen LogP contribution in [-0.2, 0) is 6.54 Å². The summed E-state index contributed by atoms with van der Waals surface area (Å²) in [4.78, 5) is 18.7. The molecule has 0 aliphatic carbocycles. The van der Waals surface area contributed by atoms with Crippen LogP contribution in [0.3, 0.4) is 0 Å². The van der Waals surface area contributed by atoms with Crippen molar-refractivity contribution in [2.24, 2.45) is 0 Å². The van der Waals surface area contributed by atoms with E-state index in [0.29, 0.717) is 17.2 Å². The predicted molar refractivity (Wildman–Crippen MR) is 73.7 cm³/mol. The summed E-state index contributed by atoms with van der Waals surface area (Å²) < 4.78 is 0.994. The highest BCUT2D eigenvalue weighted by Gasteiger charge is 2.17. The Kier molecular flexibility index (Phi) is 3.82. The molecule has 7 heteroatoms. The van der Waals surface area contributed by atoms with E-state index in [2.05, 4.69) is 31.1 Å². The number of aromatic nitrogens is 3. The number of hydrogen-bond acceptors (Lipinski definition) is 4. The molecule has 5 nitrogen and oxygen atoms in total. The van der Waals surface area contributed by atoms with E-state index in [0.717, 1.165) is 15.2 Å². The molecule has 0 atom stereocenters. The van der Waals surface area contributed by atoms with Crippen molar-refractivity contribution in [1.29, 1.82) is 0 Å². The van der Waals surface area contributed by atoms with Gasteiger partial charge < -0.3 is 4.90 Å². The fourth-order valence-corrected chi connectivity index (χ4v) is 3.03. The van der Waals surface area contributed by atoms with E-state index < -0.39 is 0 Å². The van der Waals surface area contributed by atoms with Crippen molar-refractivity contribution >= 4 is 33.2 Å². The van der Waals surface area contributed by atoms with E-state index in [1.807, 2.05) is 19.9 Å². The summed E-state index contributed by atoms with van der Waals surface area (Å²) in [6.45, 7) is 4.20. The third-order valence-electron chi connectivity index (χ3n) is 2.44. The maximum atomic E-state index is 12.2. The van der Waals surface area contributed by atoms with Gasteiger partial charge in [0.2, 0.25) is 0 Å². The Morgan fingerprint density at radius 1 is 1.56 bits per heavy atom. The standard InChI is InChI=1S/C11H13BrN4OS/c1-6-4-8(18-10(6)12)11(17)16(3)5-9-13-7(2)14-15-9/h4H,5H2,1-3H3,(H,13,14,15). The smallest absolute Gasteiger partial charge is 0.264 e. The summed E-state index contributed by atoms with van der Waals surface area (Å²) in [5.41, 5.74) is 1.07. The number of H-pyrrole nitrogens is 1. The molecule has 2 heterocycles. The first kappa shape index (κ1) is 13.2. The number of rotatable bonds is 3. The van der Waals surface area contributed by atoms with E-state index in [-0.39, 0.29) is 5.91 Å². The molecule has 2 aromatic rings. The highest BCUT2D eigenvalue weighted by Crippen LogP contribution is 2.28. The number of aromatic amines is 1. The summed E-state index contributed by atoms with van der Waals surface area (Å²) >= 11 is 4.87. The van der Waals surface area contributed by atoms with Gasteiger partial charge in [-0.25, -0.2) is 4.98 Å². The average Bonchev–Trinajstić information content (AvgIpc) is 2.85. The largest absolute Gasteiger partial charge is 0.333 e. The van der Waals surface area contributed by atoms with Crippen LogP contribution in [0.4, 0.5) is 0 Å². The third-order valence-corrected chi connectivity index (χ3v) is 4.56. The lowest BCUT2D eigenvalue weighted by Crippen LogP contribution is -2.26. The minimum Gasteiger partial charge on any atom is -0.333 e. The Bertz CT molecular complexity index is 558. The second-order valence-electron chi connectivity index (χ2n) is 4.07. The van der Waals surface area contributed by atoms with Crippen molar-refractivity contribution in [3.63, 3.8) is 0 Å². The van der Waals surface area contributed by atoms with Crippen molar-refractivity contribution in [3.05, 3.63) is 31.9 Å². The molecule has 0 bridgehead atoms. The SMILES string of the molecule is Cc1nc(CN(C)C(=O)c2cc(C)c(Br)s2)n[nH]1. The summed E-state index contributed by atoms with van der Waals surface area (Å²) in [6, 6.07) is 1.89. The third kappa shape index (κ3) is 2.78. The topological polar surface area (TPSA) is 61.9 Å². The summed E-state index contributed by atoms with van der Waals surface area (Å²) in [5, 5.41) is 6.78. The molecule has 0 fully saturated rings. The molecule has 96 valence electrons. The van der Waals surface area contributed by atoms with E-state index in [9.17, 15) is 4.79 Å². The van der Waals surface area contributed by atoms with Gasteiger partial charge in [0.05, 0.1) is 15.2 Å². The van der Waals surface area contributed by atoms with Crippen LogP contribution >= 0.6 is 27.3 Å². The molecule has 0 saturated heterocycles. The Labute approximate surface area is 117 Å². The van der Waals surface area contributed by atoms with Gasteiger partial charge in [-0.1, -0.05) is 0 Å². The van der Waals surface area contributed by atoms with Gasteiger partial charge in [0.1, 0.15) is 5.82 Å². The number of hydrogen-bond donors (Lipinski definition) is 1. The van der Waals surface area contributed by atoms with Crippen molar-refractivity contribution in [2.75, 3.05) is 7.05 Å². The van der Waals surface area contributed by atoms with Crippen LogP contribution < -0.4 is 0 Å². The molecule has 0 radical (unpaired) electrons. The molecule has 0 spiro atoms. The highest BCUT2D eigenvalue weighted by molar-refractivity contribution is 9.11. The fraction of sp³-hybridized carbons (Fsp3) is 0.364. The first-order valence-electron chi connectivity index (χ1n) is 5.36. The quantitative estimate of drug-likeness (QED) is 0.941. The lowest BCUT2D eigenvalue weighted by atomic mass is 10.3. The van der Waals surface area contributed by atoms with Gasteiger partial charge in [-0.2, -0.15) is 5.10 Å². The lowest BCUT2D eigenvalue weighted by Gasteiger charge is -2.13. The summed E-state index contributed by atoms with van der Waals surface area (Å²) in [5.74, 6) is 1.35. The molecular weight excluding hydrogens is 316 g/mol. The molecule has 0 aromatic carbocycles. The Morgan fingerprint density at radius 2 is 2.28 bits per heavy atom. The van der Waals surface area contributed by atoms with Gasteiger partial charge in [0.25, 0.3) is 5.91 Å². The summed E-state index contributed by atoms with van der Waals surface area (Å²) in [6.07, 6.45) is 0. The molecule has 18 heavy (non-hydrogen) atoms. The van der Waals surface area contributed by atoms with Gasteiger partial charge in [0, 0.05) is 7.05 Å². The van der Waals surface area contributed by atoms with Gasteiger partial charge in [-0.05, 0) is 41.4 Å². The van der Waals surface area contributed by atoms with Crippen LogP contribution in [0.15, 0.2) is 9.85 Å². The number of nitrogens with zero attached hydrogens (tertiary/aromatic N) is 3. The van der Waals surface area contributed by atoms with Crippen LogP contribution in [0.2, 0.25) is 0 Å². The van der Waals surface area contributed by atoms with Gasteiger partial charge in [0.15, 0.2) is 5.82 Å². The lowest BCUT2D eigenvalue weighted by molar-refractivity contribution is 0.0786. The maximum Gasteiger partial charge on any atom is 0.264 e. The second-order valence-corrected chi connectivity index (χ2v) is 6.44. The number of thiophene rings is 1. The Hall–Kier alpha value is -1.21. The number of aryl methyl sites for hydroxylation is 2. The van der Waals surface area contributed by atoms with Crippen LogP contribution in [-0.4, -0.2) is 33.0 Å². The van der Waals surface area contributed by atoms with Crippen LogP contribution in [0, 0.1) is 13.8 Å². The monoisotopic (exact) mass is 328 g/mol. The molecule has 0 unspecified atom stereocenters. The minimum absolute atomic E-state index is 0.0174. The Morgan fingerprint density at radius 3 is 2.78 bits per heavy atom. The number of carbonyl (C=O) groups excluding carboxylic acids is 1. The number of halogens is 1. The molecule has 2 aromatic heterocycles. The molecule has 1 amide bonds. The average molecular weight is 329 g/mol. The van der Waals surface area contributed by atoms with Crippen LogP contribution in [0.25, 0.3) is 0 Å². The molecule has 0 aliphatic rings. The molecule has 0 aliphatic heterocycles. The zero-order valence-electron chi connectivity index (χ0n) is 10.3. The predicted octanol–water partition coefficient (Wildman–Crippen LogP) is 2.52. The van der Waals surface area contributed by atoms with Crippen LogP contribution in [0.1, 0.15) is 26.9 Å². The van der Waals surface area contributed by atoms with Crippen molar-refractivity contribution < 1.29 is 4.79 Å². The molecule has 1 N–H and O–H groups in total. The normalized spacial score (nSPS) is 10.7. The van der Waals surface area contributed by atoms with Crippen LogP contribution in [0.5, 0.6) is 0 Å². The number of nitrogens with one attached hydrogen (secondary N) is 1. The van der Waals surface area contributed by atoms with E-state index >= 15 is 0 Å².